The maximum absolute atomic E-state index is 12.2. The van der Waals surface area contributed by atoms with Gasteiger partial charge < -0.3 is 54.3 Å². The lowest BCUT2D eigenvalue weighted by Gasteiger charge is -2.44. The second-order valence-electron chi connectivity index (χ2n) is 9.09. The molecule has 2 aromatic rings. The molecule has 39 heavy (non-hydrogen) atoms. The van der Waals surface area contributed by atoms with Crippen LogP contribution in [0.15, 0.2) is 60.7 Å². The molecule has 0 aliphatic carbocycles. The van der Waals surface area contributed by atoms with Crippen LogP contribution >= 0.6 is 0 Å². The van der Waals surface area contributed by atoms with E-state index in [1.807, 2.05) is 0 Å². The van der Waals surface area contributed by atoms with Gasteiger partial charge in [-0.2, -0.15) is 0 Å². The van der Waals surface area contributed by atoms with E-state index in [0.29, 0.717) is 0 Å². The van der Waals surface area contributed by atoms with Crippen LogP contribution in [0.1, 0.15) is 20.7 Å². The summed E-state index contributed by atoms with van der Waals surface area (Å²) in [5.41, 5.74) is 0.475. The van der Waals surface area contributed by atoms with Crippen molar-refractivity contribution in [2.24, 2.45) is 0 Å². The minimum atomic E-state index is -1.84. The largest absolute Gasteiger partial charge is 0.459 e. The standard InChI is InChI=1S/C26H30O13/c27-17-15(11-35-23(33)13-7-3-1-4-8-13)37-25(21(31)19(17)29)39-26-22(32)20(30)18(28)16(38-26)12-36-24(34)14-9-5-2-6-10-14/h1-10,15-22,25-32H,11-12H2/t15-,16-,17-,18-,19+,20+,21-,22-,25-,26-/m1/s1. The lowest BCUT2D eigenvalue weighted by Crippen LogP contribution is -2.64. The van der Waals surface area contributed by atoms with Gasteiger partial charge in [0.05, 0.1) is 11.1 Å². The third-order valence-electron chi connectivity index (χ3n) is 6.38. The van der Waals surface area contributed by atoms with Gasteiger partial charge >= 0.3 is 11.9 Å². The highest BCUT2D eigenvalue weighted by Crippen LogP contribution is 2.28. The first-order valence-corrected chi connectivity index (χ1v) is 12.2. The van der Waals surface area contributed by atoms with Crippen LogP contribution in [0.2, 0.25) is 0 Å². The van der Waals surface area contributed by atoms with Crippen molar-refractivity contribution in [2.75, 3.05) is 13.2 Å². The van der Waals surface area contributed by atoms with Crippen molar-refractivity contribution in [1.82, 2.24) is 0 Å². The van der Waals surface area contributed by atoms with Crippen molar-refractivity contribution in [3.63, 3.8) is 0 Å². The van der Waals surface area contributed by atoms with Crippen LogP contribution in [0.3, 0.4) is 0 Å². The predicted molar refractivity (Wildman–Crippen MR) is 128 cm³/mol. The Balaban J connectivity index is 1.38. The monoisotopic (exact) mass is 550 g/mol. The number of aliphatic hydroxyl groups excluding tert-OH is 6. The maximum atomic E-state index is 12.2. The summed E-state index contributed by atoms with van der Waals surface area (Å²) in [6.45, 7) is -1.04. The molecule has 0 amide bonds. The number of esters is 2. The third-order valence-corrected chi connectivity index (χ3v) is 6.38. The van der Waals surface area contributed by atoms with E-state index < -0.39 is 86.6 Å². The Bertz CT molecular complexity index is 998. The van der Waals surface area contributed by atoms with Gasteiger partial charge in [-0.1, -0.05) is 36.4 Å². The lowest BCUT2D eigenvalue weighted by atomic mass is 9.98. The Hall–Kier alpha value is -2.98. The molecule has 2 fully saturated rings. The molecule has 0 unspecified atom stereocenters. The number of ether oxygens (including phenoxy) is 5. The number of carbonyl (C=O) groups is 2. The molecule has 0 saturated carbocycles. The van der Waals surface area contributed by atoms with Crippen LogP contribution in [0.4, 0.5) is 0 Å². The molecule has 212 valence electrons. The number of carbonyl (C=O) groups excluding carboxylic acids is 2. The van der Waals surface area contributed by atoms with Crippen LogP contribution < -0.4 is 0 Å². The zero-order valence-electron chi connectivity index (χ0n) is 20.5. The van der Waals surface area contributed by atoms with Crippen molar-refractivity contribution in [1.29, 1.82) is 0 Å². The van der Waals surface area contributed by atoms with Gasteiger partial charge in [0.2, 0.25) is 0 Å². The average molecular weight is 551 g/mol. The van der Waals surface area contributed by atoms with E-state index >= 15 is 0 Å². The van der Waals surface area contributed by atoms with E-state index in [1.54, 1.807) is 36.4 Å². The fraction of sp³-hybridized carbons (Fsp3) is 0.462. The number of hydrogen-bond acceptors (Lipinski definition) is 13. The molecular formula is C26H30O13. The van der Waals surface area contributed by atoms with E-state index in [1.165, 1.54) is 24.3 Å². The predicted octanol–water partition coefficient (Wildman–Crippen LogP) is -1.67. The van der Waals surface area contributed by atoms with Crippen molar-refractivity contribution >= 4 is 11.9 Å². The first-order valence-electron chi connectivity index (χ1n) is 12.2. The van der Waals surface area contributed by atoms with Crippen molar-refractivity contribution < 1.29 is 63.9 Å². The molecule has 6 N–H and O–H groups in total. The number of benzene rings is 2. The van der Waals surface area contributed by atoms with Gasteiger partial charge in [-0.05, 0) is 24.3 Å². The fourth-order valence-electron chi connectivity index (χ4n) is 4.10. The normalized spacial score (nSPS) is 34.7. The van der Waals surface area contributed by atoms with Crippen LogP contribution in [0, 0.1) is 0 Å². The summed E-state index contributed by atoms with van der Waals surface area (Å²) in [5, 5.41) is 62.1. The highest BCUT2D eigenvalue weighted by molar-refractivity contribution is 5.89. The number of rotatable bonds is 8. The first kappa shape index (κ1) is 29.0. The SMILES string of the molecule is O=C(OC[C@H]1O[C@H](O[C@H]2O[C@H](COC(=O)c3ccccc3)[C@@H](O)[C@H](O)[C@H]2O)[C@H](O)[C@@H](O)[C@@H]1O)c1ccccc1. The molecule has 13 heteroatoms. The second kappa shape index (κ2) is 12.9. The Kier molecular flexibility index (Phi) is 9.61. The maximum Gasteiger partial charge on any atom is 0.338 e. The zero-order chi connectivity index (χ0) is 28.1. The number of hydrogen-bond donors (Lipinski definition) is 6. The quantitative estimate of drug-likeness (QED) is 0.204. The third kappa shape index (κ3) is 6.78. The molecular weight excluding hydrogens is 520 g/mol. The van der Waals surface area contributed by atoms with Gasteiger partial charge in [0, 0.05) is 0 Å². The van der Waals surface area contributed by atoms with E-state index in [9.17, 15) is 40.2 Å². The highest BCUT2D eigenvalue weighted by atomic mass is 16.8. The van der Waals surface area contributed by atoms with Gasteiger partial charge in [0.15, 0.2) is 12.6 Å². The van der Waals surface area contributed by atoms with Crippen LogP contribution in [-0.4, -0.2) is 117 Å². The molecule has 2 saturated heterocycles. The summed E-state index contributed by atoms with van der Waals surface area (Å²) in [6.07, 6.45) is -16.8. The van der Waals surface area contributed by atoms with Gasteiger partial charge in [0.1, 0.15) is 62.0 Å². The van der Waals surface area contributed by atoms with Gasteiger partial charge in [-0.15, -0.1) is 0 Å². The van der Waals surface area contributed by atoms with Crippen molar-refractivity contribution in [3.05, 3.63) is 71.8 Å². The van der Waals surface area contributed by atoms with E-state index in [4.69, 9.17) is 23.7 Å². The minimum Gasteiger partial charge on any atom is -0.459 e. The summed E-state index contributed by atoms with van der Waals surface area (Å²) in [5.74, 6) is -1.44. The first-order chi connectivity index (χ1) is 18.7. The molecule has 13 nitrogen and oxygen atoms in total. The van der Waals surface area contributed by atoms with Crippen LogP contribution in [0.25, 0.3) is 0 Å². The molecule has 2 aliphatic rings. The molecule has 2 heterocycles. The van der Waals surface area contributed by atoms with Crippen LogP contribution in [0.5, 0.6) is 0 Å². The molecule has 2 aromatic carbocycles. The molecule has 0 spiro atoms. The summed E-state index contributed by atoms with van der Waals surface area (Å²) in [6, 6.07) is 16.0. The average Bonchev–Trinajstić information content (AvgIpc) is 2.96. The van der Waals surface area contributed by atoms with E-state index in [2.05, 4.69) is 0 Å². The molecule has 4 rings (SSSR count). The lowest BCUT2D eigenvalue weighted by molar-refractivity contribution is -0.376. The molecule has 0 bridgehead atoms. The summed E-state index contributed by atoms with van der Waals surface area (Å²) >= 11 is 0. The van der Waals surface area contributed by atoms with Gasteiger partial charge in [-0.25, -0.2) is 9.59 Å². The van der Waals surface area contributed by atoms with E-state index in [0.717, 1.165) is 0 Å². The van der Waals surface area contributed by atoms with Gasteiger partial charge in [0.25, 0.3) is 0 Å². The zero-order valence-corrected chi connectivity index (χ0v) is 20.5. The molecule has 0 radical (unpaired) electrons. The van der Waals surface area contributed by atoms with E-state index in [-0.39, 0.29) is 11.1 Å². The van der Waals surface area contributed by atoms with Crippen molar-refractivity contribution in [3.8, 4) is 0 Å². The topological polar surface area (TPSA) is 202 Å². The molecule has 0 aromatic heterocycles. The molecule has 10 atom stereocenters. The van der Waals surface area contributed by atoms with Crippen LogP contribution in [-0.2, 0) is 23.7 Å². The Morgan fingerprint density at radius 2 is 0.923 bits per heavy atom. The summed E-state index contributed by atoms with van der Waals surface area (Å²) in [4.78, 5) is 24.5. The number of aliphatic hydroxyl groups is 6. The fourth-order valence-corrected chi connectivity index (χ4v) is 4.10. The summed E-state index contributed by atoms with van der Waals surface area (Å²) in [7, 11) is 0. The summed E-state index contributed by atoms with van der Waals surface area (Å²) < 4.78 is 26.7. The Morgan fingerprint density at radius 1 is 0.564 bits per heavy atom. The highest BCUT2D eigenvalue weighted by Gasteiger charge is 2.50. The smallest absolute Gasteiger partial charge is 0.338 e. The minimum absolute atomic E-state index is 0.237. The molecule has 2 aliphatic heterocycles. The Labute approximate surface area is 222 Å². The second-order valence-corrected chi connectivity index (χ2v) is 9.09. The van der Waals surface area contributed by atoms with Gasteiger partial charge in [-0.3, -0.25) is 0 Å². The van der Waals surface area contributed by atoms with Crippen molar-refractivity contribution in [2.45, 2.75) is 61.4 Å². The Morgan fingerprint density at radius 3 is 1.28 bits per heavy atom.